The second-order valence-corrected chi connectivity index (χ2v) is 17.3. The molecule has 0 amide bonds. The molecule has 0 radical (unpaired) electrons. The van der Waals surface area contributed by atoms with Gasteiger partial charge in [0.2, 0.25) is 0 Å². The standard InChI is InChI=1S/C54H56S/c1-9-14-40-21-29-44(30-22-40)54(43-23-15-36(7)16-24-43)51-33-47-46(31-35(6)10-2)37(8)53(41-25-17-38(11-3)18-26-41,42-27-19-39(12-4)20-28-42)50(47)34-48(51)49-32-45(13-5)55-52(49)54/h10,13,15,17-19,21-23,25-27,29-34H,2,5,9,11-12,14,16,20,24,28H2,1,3-4,6-8H3/b35-31+. The molecule has 4 aromatic rings. The van der Waals surface area contributed by atoms with Gasteiger partial charge < -0.3 is 0 Å². The van der Waals surface area contributed by atoms with Gasteiger partial charge in [-0.1, -0.05) is 154 Å². The topological polar surface area (TPSA) is 0 Å². The molecule has 0 nitrogen and oxygen atoms in total. The Kier molecular flexibility index (Phi) is 9.97. The maximum atomic E-state index is 4.29. The Balaban J connectivity index is 1.51. The van der Waals surface area contributed by atoms with Crippen LogP contribution in [0.25, 0.3) is 22.8 Å². The Bertz CT molecular complexity index is 2390. The van der Waals surface area contributed by atoms with Crippen LogP contribution >= 0.6 is 11.3 Å². The Hall–Kier alpha value is -4.72. The molecule has 3 aromatic carbocycles. The number of allylic oxidation sites excluding steroid dienone is 13. The highest BCUT2D eigenvalue weighted by molar-refractivity contribution is 7.13. The molecule has 0 spiro atoms. The second kappa shape index (κ2) is 14.7. The van der Waals surface area contributed by atoms with Crippen LogP contribution in [0.1, 0.15) is 129 Å². The number of hydrogen-bond donors (Lipinski definition) is 0. The van der Waals surface area contributed by atoms with Gasteiger partial charge in [0.15, 0.2) is 0 Å². The van der Waals surface area contributed by atoms with Crippen LogP contribution in [0.4, 0.5) is 0 Å². The van der Waals surface area contributed by atoms with Crippen molar-refractivity contribution in [2.45, 2.75) is 104 Å². The minimum absolute atomic E-state index is 0.381. The summed E-state index contributed by atoms with van der Waals surface area (Å²) in [6.07, 6.45) is 24.9. The fourth-order valence-corrected chi connectivity index (χ4v) is 11.4. The van der Waals surface area contributed by atoms with E-state index in [0.29, 0.717) is 0 Å². The van der Waals surface area contributed by atoms with Gasteiger partial charge in [-0.15, -0.1) is 11.3 Å². The minimum Gasteiger partial charge on any atom is -0.139 e. The Morgan fingerprint density at radius 1 is 0.691 bits per heavy atom. The number of thiophene rings is 1. The summed E-state index contributed by atoms with van der Waals surface area (Å²) in [7, 11) is 0. The molecule has 278 valence electrons. The first-order valence-corrected chi connectivity index (χ1v) is 21.5. The van der Waals surface area contributed by atoms with E-state index < -0.39 is 0 Å². The van der Waals surface area contributed by atoms with E-state index in [-0.39, 0.29) is 10.8 Å². The normalized spacial score (nSPS) is 21.7. The summed E-state index contributed by atoms with van der Waals surface area (Å²) in [5.74, 6) is 0. The van der Waals surface area contributed by atoms with Crippen molar-refractivity contribution in [3.05, 3.63) is 198 Å². The van der Waals surface area contributed by atoms with E-state index >= 15 is 0 Å². The lowest BCUT2D eigenvalue weighted by atomic mass is 9.63. The summed E-state index contributed by atoms with van der Waals surface area (Å²) in [6, 6.07) is 27.0. The van der Waals surface area contributed by atoms with Crippen molar-refractivity contribution in [2.24, 2.45) is 0 Å². The Morgan fingerprint density at radius 2 is 1.33 bits per heavy atom. The third-order valence-electron chi connectivity index (χ3n) is 13.2. The lowest BCUT2D eigenvalue weighted by molar-refractivity contribution is 0.661. The average Bonchev–Trinajstić information content (AvgIpc) is 3.84. The number of rotatable bonds is 11. The molecule has 0 N–H and O–H groups in total. The molecule has 0 saturated carbocycles. The fourth-order valence-electron chi connectivity index (χ4n) is 10.2. The van der Waals surface area contributed by atoms with Gasteiger partial charge in [0, 0.05) is 9.75 Å². The molecule has 4 aliphatic carbocycles. The van der Waals surface area contributed by atoms with Crippen LogP contribution in [-0.2, 0) is 23.7 Å². The van der Waals surface area contributed by atoms with Gasteiger partial charge >= 0.3 is 0 Å². The van der Waals surface area contributed by atoms with E-state index in [1.54, 1.807) is 0 Å². The lowest BCUT2D eigenvalue weighted by Gasteiger charge is -2.39. The van der Waals surface area contributed by atoms with E-state index in [2.05, 4.69) is 158 Å². The number of fused-ring (bicyclic) bond motifs is 4. The molecule has 0 aliphatic heterocycles. The molecule has 0 fully saturated rings. The molecule has 2 atom stereocenters. The summed E-state index contributed by atoms with van der Waals surface area (Å²) in [6.45, 7) is 22.2. The van der Waals surface area contributed by atoms with Gasteiger partial charge in [-0.3, -0.25) is 0 Å². The van der Waals surface area contributed by atoms with E-state index in [9.17, 15) is 0 Å². The number of aryl methyl sites for hydroxylation is 2. The molecule has 1 heteroatoms. The van der Waals surface area contributed by atoms with Crippen LogP contribution in [0, 0.1) is 0 Å². The maximum Gasteiger partial charge on any atom is 0.0770 e. The van der Waals surface area contributed by atoms with Crippen molar-refractivity contribution in [3.8, 4) is 11.1 Å². The first kappa shape index (κ1) is 37.2. The quantitative estimate of drug-likeness (QED) is 0.135. The van der Waals surface area contributed by atoms with Crippen LogP contribution < -0.4 is 0 Å². The van der Waals surface area contributed by atoms with Crippen molar-refractivity contribution >= 4 is 23.0 Å². The number of benzene rings is 3. The first-order valence-electron chi connectivity index (χ1n) is 20.7. The van der Waals surface area contributed by atoms with Crippen LogP contribution in [0.3, 0.4) is 0 Å². The predicted molar refractivity (Wildman–Crippen MR) is 240 cm³/mol. The zero-order valence-electron chi connectivity index (χ0n) is 33.9. The summed E-state index contributed by atoms with van der Waals surface area (Å²) < 4.78 is 0. The lowest BCUT2D eigenvalue weighted by Crippen LogP contribution is -2.32. The molecular weight excluding hydrogens is 681 g/mol. The third-order valence-corrected chi connectivity index (χ3v) is 14.5. The summed E-state index contributed by atoms with van der Waals surface area (Å²) in [5.41, 5.74) is 21.6. The van der Waals surface area contributed by atoms with Crippen LogP contribution in [0.5, 0.6) is 0 Å². The highest BCUT2D eigenvalue weighted by Gasteiger charge is 2.53. The van der Waals surface area contributed by atoms with Crippen molar-refractivity contribution in [2.75, 3.05) is 0 Å². The van der Waals surface area contributed by atoms with Crippen LogP contribution in [0.2, 0.25) is 0 Å². The molecule has 0 saturated heterocycles. The van der Waals surface area contributed by atoms with Gasteiger partial charge in [0.05, 0.1) is 10.8 Å². The smallest absolute Gasteiger partial charge is 0.0770 e. The van der Waals surface area contributed by atoms with Crippen molar-refractivity contribution in [1.29, 1.82) is 0 Å². The van der Waals surface area contributed by atoms with Crippen LogP contribution in [-0.4, -0.2) is 0 Å². The van der Waals surface area contributed by atoms with Crippen molar-refractivity contribution in [3.63, 3.8) is 0 Å². The molecule has 4 aliphatic rings. The van der Waals surface area contributed by atoms with E-state index in [4.69, 9.17) is 0 Å². The van der Waals surface area contributed by atoms with Crippen molar-refractivity contribution in [1.82, 2.24) is 0 Å². The molecule has 1 aromatic heterocycles. The van der Waals surface area contributed by atoms with Gasteiger partial charge in [0.25, 0.3) is 0 Å². The molecule has 55 heavy (non-hydrogen) atoms. The molecular formula is C54H56S. The molecule has 1 heterocycles. The summed E-state index contributed by atoms with van der Waals surface area (Å²) >= 11 is 1.94. The van der Waals surface area contributed by atoms with Gasteiger partial charge in [-0.05, 0) is 151 Å². The zero-order valence-corrected chi connectivity index (χ0v) is 34.7. The Labute approximate surface area is 334 Å². The third kappa shape index (κ3) is 5.76. The monoisotopic (exact) mass is 736 g/mol. The molecule has 2 unspecified atom stereocenters. The fraction of sp³-hybridized carbons (Fsp3) is 0.296. The van der Waals surface area contributed by atoms with E-state index in [0.717, 1.165) is 51.4 Å². The van der Waals surface area contributed by atoms with Crippen LogP contribution in [0.15, 0.2) is 150 Å². The zero-order chi connectivity index (χ0) is 38.5. The molecule has 0 bridgehead atoms. The summed E-state index contributed by atoms with van der Waals surface area (Å²) in [5, 5.41) is 0. The molecule has 8 rings (SSSR count). The first-order chi connectivity index (χ1) is 26.7. The maximum absolute atomic E-state index is 4.29. The van der Waals surface area contributed by atoms with Gasteiger partial charge in [-0.25, -0.2) is 0 Å². The SMILES string of the molecule is C=C/C(C)=C/C1=C(C)C(C2=CC=C(CC)CC2)(c2ccc(CC)cc2)c2cc3c(cc21)C(C1=CC=C(C)CC1)(c1ccc(CCC)cc1)c1sc(C=C)cc1-3. The summed E-state index contributed by atoms with van der Waals surface area (Å²) in [4.78, 5) is 2.67. The Morgan fingerprint density at radius 3 is 1.93 bits per heavy atom. The van der Waals surface area contributed by atoms with E-state index in [1.165, 1.54) is 98.8 Å². The highest BCUT2D eigenvalue weighted by atomic mass is 32.1. The van der Waals surface area contributed by atoms with Crippen molar-refractivity contribution < 1.29 is 0 Å². The average molecular weight is 737 g/mol. The van der Waals surface area contributed by atoms with Gasteiger partial charge in [-0.2, -0.15) is 0 Å². The van der Waals surface area contributed by atoms with Gasteiger partial charge in [0.1, 0.15) is 0 Å². The van der Waals surface area contributed by atoms with E-state index in [1.807, 2.05) is 17.4 Å². The second-order valence-electron chi connectivity index (χ2n) is 16.2. The highest BCUT2D eigenvalue weighted by Crippen LogP contribution is 2.64. The largest absolute Gasteiger partial charge is 0.139 e. The minimum atomic E-state index is -0.388. The number of hydrogen-bond acceptors (Lipinski definition) is 1. The predicted octanol–water partition coefficient (Wildman–Crippen LogP) is 15.1.